The van der Waals surface area contributed by atoms with Crippen LogP contribution in [-0.2, 0) is 32.5 Å². The van der Waals surface area contributed by atoms with Gasteiger partial charge in [0.2, 0.25) is 0 Å². The predicted octanol–water partition coefficient (Wildman–Crippen LogP) is 2.38. The highest BCUT2D eigenvalue weighted by Crippen LogP contribution is 2.33. The molecule has 2 aliphatic rings. The lowest BCUT2D eigenvalue weighted by atomic mass is 9.99. The number of benzene rings is 1. The number of guanidine groups is 1. The monoisotopic (exact) mass is 512 g/mol. The van der Waals surface area contributed by atoms with Crippen molar-refractivity contribution < 1.29 is 9.47 Å². The van der Waals surface area contributed by atoms with Gasteiger partial charge in [-0.15, -0.1) is 34.2 Å². The van der Waals surface area contributed by atoms with Gasteiger partial charge in [-0.3, -0.25) is 0 Å². The zero-order valence-electron chi connectivity index (χ0n) is 17.3. The Bertz CT molecular complexity index is 882. The normalized spacial score (nSPS) is 15.4. The van der Waals surface area contributed by atoms with Gasteiger partial charge in [0.05, 0.1) is 14.2 Å². The van der Waals surface area contributed by atoms with Crippen molar-refractivity contribution in [2.45, 2.75) is 45.8 Å². The van der Waals surface area contributed by atoms with Crippen molar-refractivity contribution in [3.05, 3.63) is 34.9 Å². The molecule has 3 heterocycles. The van der Waals surface area contributed by atoms with E-state index in [2.05, 4.69) is 44.0 Å². The molecule has 8 nitrogen and oxygen atoms in total. The van der Waals surface area contributed by atoms with Crippen LogP contribution in [0.15, 0.2) is 17.1 Å². The summed E-state index contributed by atoms with van der Waals surface area (Å²) in [5, 5.41) is 12.0. The lowest BCUT2D eigenvalue weighted by Gasteiger charge is -2.32. The van der Waals surface area contributed by atoms with Crippen LogP contribution in [0.1, 0.15) is 36.1 Å². The highest BCUT2D eigenvalue weighted by Gasteiger charge is 2.22. The molecule has 4 rings (SSSR count). The van der Waals surface area contributed by atoms with E-state index in [1.807, 2.05) is 0 Å². The van der Waals surface area contributed by atoms with Crippen molar-refractivity contribution in [3.63, 3.8) is 0 Å². The Balaban J connectivity index is 0.00000240. The quantitative estimate of drug-likeness (QED) is 0.377. The number of hydrogen-bond donors (Lipinski definition) is 1. The first-order valence-electron chi connectivity index (χ1n) is 9.91. The van der Waals surface area contributed by atoms with Crippen molar-refractivity contribution in [3.8, 4) is 11.5 Å². The fraction of sp³-hybridized carbons (Fsp3) is 0.550. The van der Waals surface area contributed by atoms with Crippen LogP contribution in [0.2, 0.25) is 0 Å². The largest absolute Gasteiger partial charge is 0.493 e. The first kappa shape index (κ1) is 21.7. The molecule has 0 spiro atoms. The lowest BCUT2D eigenvalue weighted by molar-refractivity contribution is 0.346. The van der Waals surface area contributed by atoms with E-state index in [9.17, 15) is 0 Å². The molecule has 2 aromatic rings. The van der Waals surface area contributed by atoms with Crippen molar-refractivity contribution in [1.29, 1.82) is 0 Å². The van der Waals surface area contributed by atoms with E-state index in [1.54, 1.807) is 14.2 Å². The van der Waals surface area contributed by atoms with Crippen LogP contribution in [0.4, 0.5) is 0 Å². The Labute approximate surface area is 188 Å². The minimum atomic E-state index is 0. The van der Waals surface area contributed by atoms with E-state index in [1.165, 1.54) is 11.1 Å². The fourth-order valence-electron chi connectivity index (χ4n) is 3.96. The number of ether oxygens (including phenoxy) is 2. The molecule has 0 unspecified atom stereocenters. The van der Waals surface area contributed by atoms with E-state index in [4.69, 9.17) is 14.5 Å². The molecule has 158 valence electrons. The highest BCUT2D eigenvalue weighted by atomic mass is 127. The van der Waals surface area contributed by atoms with E-state index in [0.29, 0.717) is 6.54 Å². The van der Waals surface area contributed by atoms with Gasteiger partial charge in [0.1, 0.15) is 12.4 Å². The molecule has 0 fully saturated rings. The molecule has 1 aromatic carbocycles. The first-order valence-corrected chi connectivity index (χ1v) is 9.91. The molecule has 9 heteroatoms. The van der Waals surface area contributed by atoms with E-state index in [-0.39, 0.29) is 24.0 Å². The maximum absolute atomic E-state index is 5.48. The number of aromatic nitrogens is 3. The molecule has 0 atom stereocenters. The van der Waals surface area contributed by atoms with Gasteiger partial charge in [0.15, 0.2) is 23.3 Å². The van der Waals surface area contributed by atoms with Crippen LogP contribution >= 0.6 is 24.0 Å². The minimum absolute atomic E-state index is 0. The second-order valence-electron chi connectivity index (χ2n) is 7.11. The molecular weight excluding hydrogens is 483 g/mol. The van der Waals surface area contributed by atoms with Crippen LogP contribution in [0.25, 0.3) is 0 Å². The number of fused-ring (bicyclic) bond motifs is 2. The number of aryl methyl sites for hydroxylation is 1. The Kier molecular flexibility index (Phi) is 7.20. The number of rotatable bonds is 5. The summed E-state index contributed by atoms with van der Waals surface area (Å²) < 4.78 is 13.1. The molecule has 0 aliphatic carbocycles. The van der Waals surface area contributed by atoms with Gasteiger partial charge < -0.3 is 24.3 Å². The van der Waals surface area contributed by atoms with Crippen molar-refractivity contribution >= 4 is 29.9 Å². The van der Waals surface area contributed by atoms with Gasteiger partial charge in [-0.25, -0.2) is 4.99 Å². The lowest BCUT2D eigenvalue weighted by Crippen LogP contribution is -2.44. The summed E-state index contributed by atoms with van der Waals surface area (Å²) in [4.78, 5) is 7.15. The molecular formula is C20H29IN6O2. The zero-order valence-corrected chi connectivity index (χ0v) is 19.6. The molecule has 29 heavy (non-hydrogen) atoms. The zero-order chi connectivity index (χ0) is 19.5. The van der Waals surface area contributed by atoms with E-state index < -0.39 is 0 Å². The maximum atomic E-state index is 5.48. The maximum Gasteiger partial charge on any atom is 0.194 e. The van der Waals surface area contributed by atoms with Crippen LogP contribution in [0.5, 0.6) is 11.5 Å². The second-order valence-corrected chi connectivity index (χ2v) is 7.11. The number of halogens is 1. The minimum Gasteiger partial charge on any atom is -0.493 e. The third-order valence-electron chi connectivity index (χ3n) is 5.41. The summed E-state index contributed by atoms with van der Waals surface area (Å²) in [6, 6.07) is 4.17. The molecule has 0 saturated heterocycles. The van der Waals surface area contributed by atoms with Gasteiger partial charge in [0, 0.05) is 32.6 Å². The number of methoxy groups -OCH3 is 2. The smallest absolute Gasteiger partial charge is 0.194 e. The summed E-state index contributed by atoms with van der Waals surface area (Å²) in [7, 11) is 3.35. The average molecular weight is 512 g/mol. The highest BCUT2D eigenvalue weighted by molar-refractivity contribution is 14.0. The molecule has 1 aromatic heterocycles. The molecule has 0 amide bonds. The van der Waals surface area contributed by atoms with E-state index in [0.717, 1.165) is 74.5 Å². The van der Waals surface area contributed by atoms with Gasteiger partial charge in [0.25, 0.3) is 0 Å². The molecule has 0 bridgehead atoms. The fourth-order valence-corrected chi connectivity index (χ4v) is 3.96. The Morgan fingerprint density at radius 3 is 2.59 bits per heavy atom. The van der Waals surface area contributed by atoms with Crippen LogP contribution in [0, 0.1) is 0 Å². The molecule has 2 aliphatic heterocycles. The SMILES string of the molecule is CCNC(=NCc1nnc2n1CCC2)N1CCc2cc(OC)c(OC)cc2C1.I. The molecule has 0 radical (unpaired) electrons. The van der Waals surface area contributed by atoms with Crippen LogP contribution in [0.3, 0.4) is 0 Å². The van der Waals surface area contributed by atoms with Crippen LogP contribution in [-0.4, -0.2) is 52.9 Å². The van der Waals surface area contributed by atoms with Gasteiger partial charge >= 0.3 is 0 Å². The topological polar surface area (TPSA) is 76.8 Å². The van der Waals surface area contributed by atoms with Crippen molar-refractivity contribution in [1.82, 2.24) is 25.0 Å². The summed E-state index contributed by atoms with van der Waals surface area (Å²) in [5.74, 6) is 4.51. The third kappa shape index (κ3) is 4.44. The van der Waals surface area contributed by atoms with Crippen LogP contribution < -0.4 is 14.8 Å². The summed E-state index contributed by atoms with van der Waals surface area (Å²) in [6.07, 6.45) is 3.11. The number of aliphatic imine (C=N–C) groups is 1. The average Bonchev–Trinajstić information content (AvgIpc) is 3.34. The number of hydrogen-bond acceptors (Lipinski definition) is 5. The van der Waals surface area contributed by atoms with E-state index >= 15 is 0 Å². The van der Waals surface area contributed by atoms with Crippen molar-refractivity contribution in [2.75, 3.05) is 27.3 Å². The summed E-state index contributed by atoms with van der Waals surface area (Å²) in [5.41, 5.74) is 2.55. The molecule has 1 N–H and O–H groups in total. The first-order chi connectivity index (χ1) is 13.7. The van der Waals surface area contributed by atoms with Gasteiger partial charge in [-0.1, -0.05) is 0 Å². The summed E-state index contributed by atoms with van der Waals surface area (Å²) in [6.45, 7) is 6.17. The van der Waals surface area contributed by atoms with Gasteiger partial charge in [-0.05, 0) is 43.0 Å². The molecule has 0 saturated carbocycles. The summed E-state index contributed by atoms with van der Waals surface area (Å²) >= 11 is 0. The Hall–Kier alpha value is -2.04. The van der Waals surface area contributed by atoms with Crippen molar-refractivity contribution in [2.24, 2.45) is 4.99 Å². The second kappa shape index (κ2) is 9.64. The Morgan fingerprint density at radius 2 is 1.86 bits per heavy atom. The van der Waals surface area contributed by atoms with Gasteiger partial charge in [-0.2, -0.15) is 0 Å². The Morgan fingerprint density at radius 1 is 1.10 bits per heavy atom. The number of nitrogens with zero attached hydrogens (tertiary/aromatic N) is 5. The standard InChI is InChI=1S/C20H28N6O2.HI/c1-4-21-20(22-12-19-24-23-18-6-5-8-26(18)19)25-9-7-14-10-16(27-2)17(28-3)11-15(14)13-25;/h10-11H,4-9,12-13H2,1-3H3,(H,21,22);1H. The number of nitrogens with one attached hydrogen (secondary N) is 1. The third-order valence-corrected chi connectivity index (χ3v) is 5.41. The predicted molar refractivity (Wildman–Crippen MR) is 122 cm³/mol.